The first-order chi connectivity index (χ1) is 18.6. The Morgan fingerprint density at radius 1 is 1.05 bits per heavy atom. The van der Waals surface area contributed by atoms with Crippen LogP contribution in [0.5, 0.6) is 0 Å². The summed E-state index contributed by atoms with van der Waals surface area (Å²) in [5.74, 6) is 0.446. The van der Waals surface area contributed by atoms with Crippen molar-refractivity contribution in [2.45, 2.75) is 53.5 Å². The van der Waals surface area contributed by atoms with Gasteiger partial charge in [-0.25, -0.2) is 4.98 Å². The summed E-state index contributed by atoms with van der Waals surface area (Å²) < 4.78 is 1.60. The Morgan fingerprint density at radius 3 is 2.38 bits per heavy atom. The first kappa shape index (κ1) is 27.7. The van der Waals surface area contributed by atoms with Crippen LogP contribution in [0.1, 0.15) is 67.0 Å². The van der Waals surface area contributed by atoms with Crippen LogP contribution in [0.3, 0.4) is 0 Å². The lowest BCUT2D eigenvalue weighted by molar-refractivity contribution is -0.385. The van der Waals surface area contributed by atoms with E-state index in [1.807, 2.05) is 50.2 Å². The molecule has 1 heterocycles. The van der Waals surface area contributed by atoms with E-state index in [-0.39, 0.29) is 22.7 Å². The van der Waals surface area contributed by atoms with Crippen molar-refractivity contribution in [3.8, 4) is 5.69 Å². The third-order valence-corrected chi connectivity index (χ3v) is 7.02. The number of hydrogen-bond acceptors (Lipinski definition) is 5. The van der Waals surface area contributed by atoms with E-state index < -0.39 is 11.0 Å². The summed E-state index contributed by atoms with van der Waals surface area (Å²) in [4.78, 5) is 45.7. The van der Waals surface area contributed by atoms with Crippen molar-refractivity contribution < 1.29 is 9.72 Å². The van der Waals surface area contributed by atoms with Gasteiger partial charge in [-0.1, -0.05) is 56.7 Å². The molecule has 202 valence electrons. The number of amides is 1. The average molecular weight is 527 g/mol. The quantitative estimate of drug-likeness (QED) is 0.182. The van der Waals surface area contributed by atoms with Gasteiger partial charge in [-0.2, -0.15) is 0 Å². The van der Waals surface area contributed by atoms with Crippen LogP contribution in [0.2, 0.25) is 0 Å². The van der Waals surface area contributed by atoms with Crippen molar-refractivity contribution in [1.29, 1.82) is 0 Å². The maximum absolute atomic E-state index is 14.0. The molecule has 0 bridgehead atoms. The lowest BCUT2D eigenvalue weighted by Crippen LogP contribution is -2.39. The molecule has 0 saturated carbocycles. The number of nitro groups is 1. The average Bonchev–Trinajstić information content (AvgIpc) is 2.91. The lowest BCUT2D eigenvalue weighted by Gasteiger charge is -2.33. The number of aromatic nitrogens is 2. The van der Waals surface area contributed by atoms with Crippen molar-refractivity contribution in [1.82, 2.24) is 14.5 Å². The summed E-state index contributed by atoms with van der Waals surface area (Å²) in [5.41, 5.74) is 2.70. The fourth-order valence-corrected chi connectivity index (χ4v) is 4.76. The highest BCUT2D eigenvalue weighted by atomic mass is 16.6. The van der Waals surface area contributed by atoms with E-state index in [1.54, 1.807) is 40.7 Å². The molecule has 4 aromatic rings. The Labute approximate surface area is 228 Å². The zero-order chi connectivity index (χ0) is 28.3. The molecule has 0 fully saturated rings. The minimum Gasteiger partial charge on any atom is -0.328 e. The van der Waals surface area contributed by atoms with Crippen LogP contribution < -0.4 is 5.56 Å². The Bertz CT molecular complexity index is 1570. The minimum absolute atomic E-state index is 0.0990. The van der Waals surface area contributed by atoms with E-state index in [2.05, 4.69) is 13.8 Å². The summed E-state index contributed by atoms with van der Waals surface area (Å²) in [7, 11) is 0. The van der Waals surface area contributed by atoms with Gasteiger partial charge in [-0.3, -0.25) is 24.3 Å². The van der Waals surface area contributed by atoms with Crippen molar-refractivity contribution in [3.05, 3.63) is 110 Å². The second-order valence-electron chi connectivity index (χ2n) is 10.3. The molecule has 0 aliphatic rings. The molecule has 1 atom stereocenters. The topological polar surface area (TPSA) is 98.3 Å². The van der Waals surface area contributed by atoms with Crippen LogP contribution in [0, 0.1) is 29.9 Å². The molecule has 0 saturated heterocycles. The zero-order valence-corrected chi connectivity index (χ0v) is 23.0. The predicted octanol–water partition coefficient (Wildman–Crippen LogP) is 6.55. The summed E-state index contributed by atoms with van der Waals surface area (Å²) in [6.45, 7) is 10.2. The third-order valence-electron chi connectivity index (χ3n) is 7.02. The zero-order valence-electron chi connectivity index (χ0n) is 23.0. The highest BCUT2D eigenvalue weighted by Gasteiger charge is 2.30. The molecule has 39 heavy (non-hydrogen) atoms. The number of rotatable bonds is 9. The van der Waals surface area contributed by atoms with E-state index in [4.69, 9.17) is 4.98 Å². The molecular weight excluding hydrogens is 492 g/mol. The first-order valence-corrected chi connectivity index (χ1v) is 13.3. The van der Waals surface area contributed by atoms with Crippen molar-refractivity contribution in [2.75, 3.05) is 6.54 Å². The first-order valence-electron chi connectivity index (χ1n) is 13.3. The number of hydrogen-bond donors (Lipinski definition) is 0. The summed E-state index contributed by atoms with van der Waals surface area (Å²) in [5, 5.41) is 12.1. The van der Waals surface area contributed by atoms with Crippen LogP contribution in [0.4, 0.5) is 5.69 Å². The lowest BCUT2D eigenvalue weighted by atomic mass is 10.0. The number of para-hydroxylation sites is 1. The van der Waals surface area contributed by atoms with Gasteiger partial charge in [-0.15, -0.1) is 0 Å². The molecule has 0 radical (unpaired) electrons. The summed E-state index contributed by atoms with van der Waals surface area (Å²) in [6.07, 6.45) is 1.22. The number of carbonyl (C=O) groups is 1. The van der Waals surface area contributed by atoms with Crippen molar-refractivity contribution >= 4 is 22.5 Å². The molecule has 0 aliphatic heterocycles. The molecule has 1 amide bonds. The third kappa shape index (κ3) is 5.74. The fourth-order valence-electron chi connectivity index (χ4n) is 4.76. The van der Waals surface area contributed by atoms with Crippen LogP contribution in [0.15, 0.2) is 71.5 Å². The number of nitro benzene ring substituents is 1. The minimum atomic E-state index is -0.546. The number of fused-ring (bicyclic) bond motifs is 1. The Hall–Kier alpha value is -4.33. The van der Waals surface area contributed by atoms with Gasteiger partial charge in [0.25, 0.3) is 17.2 Å². The van der Waals surface area contributed by atoms with Gasteiger partial charge in [0, 0.05) is 23.7 Å². The van der Waals surface area contributed by atoms with E-state index in [0.717, 1.165) is 12.0 Å². The van der Waals surface area contributed by atoms with Gasteiger partial charge in [0.05, 0.1) is 27.6 Å². The Morgan fingerprint density at radius 2 is 1.74 bits per heavy atom. The fraction of sp³-hybridized carbons (Fsp3) is 0.323. The molecule has 0 N–H and O–H groups in total. The van der Waals surface area contributed by atoms with Crippen LogP contribution in [-0.4, -0.2) is 31.8 Å². The molecule has 3 aromatic carbocycles. The molecular formula is C31H34N4O4. The van der Waals surface area contributed by atoms with Crippen LogP contribution >= 0.6 is 0 Å². The normalized spacial score (nSPS) is 12.1. The predicted molar refractivity (Wildman–Crippen MR) is 153 cm³/mol. The smallest absolute Gasteiger partial charge is 0.273 e. The van der Waals surface area contributed by atoms with Gasteiger partial charge in [-0.05, 0) is 62.9 Å². The van der Waals surface area contributed by atoms with Gasteiger partial charge in [0.15, 0.2) is 0 Å². The molecule has 1 unspecified atom stereocenters. The maximum atomic E-state index is 14.0. The van der Waals surface area contributed by atoms with E-state index in [1.165, 1.54) is 6.07 Å². The summed E-state index contributed by atoms with van der Waals surface area (Å²) in [6, 6.07) is 18.9. The molecule has 4 rings (SSSR count). The number of benzene rings is 3. The van der Waals surface area contributed by atoms with Crippen molar-refractivity contribution in [3.63, 3.8) is 0 Å². The van der Waals surface area contributed by atoms with Crippen molar-refractivity contribution in [2.24, 2.45) is 5.92 Å². The van der Waals surface area contributed by atoms with E-state index in [9.17, 15) is 19.7 Å². The SMILES string of the molecule is CCC(c1nc2ccccc2c(=O)n1-c1ccc(C)cc1)N(CCC(C)C)C(=O)c1ccc(C)c([N+](=O)[O-])c1. The standard InChI is InChI=1S/C31H34N4O4/c1-6-27(33(18-17-20(2)3)30(36)23-14-13-22(5)28(19-23)35(38)39)29-32-26-10-8-7-9-25(26)31(37)34(29)24-15-11-21(4)12-16-24/h7-16,19-20,27H,6,17-18H2,1-5H3. The second kappa shape index (κ2) is 11.6. The largest absolute Gasteiger partial charge is 0.328 e. The molecule has 0 spiro atoms. The molecule has 0 aliphatic carbocycles. The number of nitrogens with zero attached hydrogens (tertiary/aromatic N) is 4. The molecule has 8 heteroatoms. The van der Waals surface area contributed by atoms with Gasteiger partial charge >= 0.3 is 0 Å². The summed E-state index contributed by atoms with van der Waals surface area (Å²) >= 11 is 0. The maximum Gasteiger partial charge on any atom is 0.273 e. The molecule has 8 nitrogen and oxygen atoms in total. The Balaban J connectivity index is 1.93. The number of carbonyl (C=O) groups excluding carboxylic acids is 1. The van der Waals surface area contributed by atoms with E-state index >= 15 is 0 Å². The highest BCUT2D eigenvalue weighted by molar-refractivity contribution is 5.95. The number of aryl methyl sites for hydroxylation is 2. The van der Waals surface area contributed by atoms with Gasteiger partial charge < -0.3 is 4.90 Å². The van der Waals surface area contributed by atoms with Crippen LogP contribution in [-0.2, 0) is 0 Å². The monoisotopic (exact) mass is 526 g/mol. The second-order valence-corrected chi connectivity index (χ2v) is 10.3. The van der Waals surface area contributed by atoms with Crippen LogP contribution in [0.25, 0.3) is 16.6 Å². The molecule has 1 aromatic heterocycles. The van der Waals surface area contributed by atoms with E-state index in [0.29, 0.717) is 46.9 Å². The van der Waals surface area contributed by atoms with Gasteiger partial charge in [0.2, 0.25) is 0 Å². The van der Waals surface area contributed by atoms with Gasteiger partial charge in [0.1, 0.15) is 5.82 Å². The Kier molecular flexibility index (Phi) is 8.24. The highest BCUT2D eigenvalue weighted by Crippen LogP contribution is 2.29.